The van der Waals surface area contributed by atoms with Gasteiger partial charge in [-0.15, -0.1) is 0 Å². The van der Waals surface area contributed by atoms with Gasteiger partial charge in [-0.1, -0.05) is 36.8 Å². The summed E-state index contributed by atoms with van der Waals surface area (Å²) in [5.41, 5.74) is 1.19. The van der Waals surface area contributed by atoms with E-state index in [-0.39, 0.29) is 18.1 Å². The summed E-state index contributed by atoms with van der Waals surface area (Å²) in [5, 5.41) is 10.4. The molecule has 1 N–H and O–H groups in total. The number of ether oxygens (including phenoxy) is 1. The largest absolute Gasteiger partial charge is 0.391 e. The zero-order valence-corrected chi connectivity index (χ0v) is 11.4. The van der Waals surface area contributed by atoms with Crippen LogP contribution in [0.4, 0.5) is 0 Å². The van der Waals surface area contributed by atoms with Gasteiger partial charge in [0.1, 0.15) is 0 Å². The van der Waals surface area contributed by atoms with Crippen LogP contribution in [0.25, 0.3) is 0 Å². The van der Waals surface area contributed by atoms with Gasteiger partial charge in [-0.3, -0.25) is 0 Å². The Hall–Kier alpha value is -0.900. The van der Waals surface area contributed by atoms with Crippen molar-refractivity contribution in [3.05, 3.63) is 35.9 Å². The van der Waals surface area contributed by atoms with E-state index in [4.69, 9.17) is 4.74 Å². The van der Waals surface area contributed by atoms with Crippen molar-refractivity contribution in [1.82, 2.24) is 4.90 Å². The second-order valence-electron chi connectivity index (χ2n) is 5.76. The first kappa shape index (κ1) is 13.1. The van der Waals surface area contributed by atoms with Gasteiger partial charge >= 0.3 is 0 Å². The second-order valence-corrected chi connectivity index (χ2v) is 5.76. The van der Waals surface area contributed by atoms with Gasteiger partial charge in [-0.2, -0.15) is 0 Å². The summed E-state index contributed by atoms with van der Waals surface area (Å²) in [4.78, 5) is 2.40. The van der Waals surface area contributed by atoms with Gasteiger partial charge in [-0.05, 0) is 31.5 Å². The van der Waals surface area contributed by atoms with E-state index >= 15 is 0 Å². The number of piperidine rings is 1. The van der Waals surface area contributed by atoms with Crippen molar-refractivity contribution in [2.24, 2.45) is 5.92 Å². The first-order chi connectivity index (χ1) is 9.34. The molecule has 2 aliphatic rings. The van der Waals surface area contributed by atoms with Gasteiger partial charge in [0.2, 0.25) is 0 Å². The van der Waals surface area contributed by atoms with Gasteiger partial charge < -0.3 is 14.7 Å². The van der Waals surface area contributed by atoms with E-state index in [9.17, 15) is 5.11 Å². The topological polar surface area (TPSA) is 32.7 Å². The molecule has 2 heterocycles. The zero-order chi connectivity index (χ0) is 13.1. The normalized spacial score (nSPS) is 29.7. The highest BCUT2D eigenvalue weighted by Gasteiger charge is 2.39. The molecular weight excluding hydrogens is 238 g/mol. The monoisotopic (exact) mass is 261 g/mol. The summed E-state index contributed by atoms with van der Waals surface area (Å²) in [5.74, 6) is 0.254. The molecule has 0 spiro atoms. The predicted octanol–water partition coefficient (Wildman–Crippen LogP) is 2.22. The Morgan fingerprint density at radius 3 is 2.53 bits per heavy atom. The molecule has 0 aromatic heterocycles. The lowest BCUT2D eigenvalue weighted by atomic mass is 9.86. The van der Waals surface area contributed by atoms with Crippen LogP contribution in [0.15, 0.2) is 30.3 Å². The van der Waals surface area contributed by atoms with Crippen LogP contribution in [0.1, 0.15) is 30.9 Å². The molecule has 2 saturated heterocycles. The maximum Gasteiger partial charge on any atom is 0.0900 e. The molecule has 0 aliphatic carbocycles. The highest BCUT2D eigenvalue weighted by atomic mass is 16.5. The SMILES string of the molecule is OC(CN1CCCCC1)[C@H]1CO[C@@H]1c1ccccc1. The lowest BCUT2D eigenvalue weighted by Crippen LogP contribution is -2.47. The highest BCUT2D eigenvalue weighted by Crippen LogP contribution is 2.37. The molecule has 3 heteroatoms. The van der Waals surface area contributed by atoms with Crippen molar-refractivity contribution >= 4 is 0 Å². The minimum Gasteiger partial charge on any atom is -0.391 e. The number of hydrogen-bond acceptors (Lipinski definition) is 3. The molecule has 19 heavy (non-hydrogen) atoms. The lowest BCUT2D eigenvalue weighted by Gasteiger charge is -2.42. The molecule has 1 unspecified atom stereocenters. The third-order valence-electron chi connectivity index (χ3n) is 4.37. The van der Waals surface area contributed by atoms with Crippen molar-refractivity contribution in [2.75, 3.05) is 26.2 Å². The van der Waals surface area contributed by atoms with Crippen molar-refractivity contribution in [2.45, 2.75) is 31.5 Å². The molecule has 3 rings (SSSR count). The summed E-state index contributed by atoms with van der Waals surface area (Å²) >= 11 is 0. The Balaban J connectivity index is 1.56. The maximum absolute atomic E-state index is 10.4. The van der Waals surface area contributed by atoms with Crippen LogP contribution in [-0.4, -0.2) is 42.4 Å². The molecule has 0 bridgehead atoms. The quantitative estimate of drug-likeness (QED) is 0.902. The Labute approximate surface area is 115 Å². The molecule has 2 aliphatic heterocycles. The summed E-state index contributed by atoms with van der Waals surface area (Å²) < 4.78 is 5.66. The number of β-amino-alcohol motifs (C(OH)–C–C–N with tert-alkyl or cyclic N) is 1. The smallest absolute Gasteiger partial charge is 0.0900 e. The molecule has 3 nitrogen and oxygen atoms in total. The van der Waals surface area contributed by atoms with E-state index in [0.29, 0.717) is 6.61 Å². The molecule has 2 fully saturated rings. The standard InChI is InChI=1S/C16H23NO2/c18-15(11-17-9-5-2-6-10-17)14-12-19-16(14)13-7-3-1-4-8-13/h1,3-4,7-8,14-16,18H,2,5-6,9-12H2/t14-,15?,16-/m1/s1. The summed E-state index contributed by atoms with van der Waals surface area (Å²) in [6.45, 7) is 3.77. The lowest BCUT2D eigenvalue weighted by molar-refractivity contribution is -0.165. The molecular formula is C16H23NO2. The number of aliphatic hydroxyl groups excluding tert-OH is 1. The van der Waals surface area contributed by atoms with Crippen molar-refractivity contribution in [1.29, 1.82) is 0 Å². The van der Waals surface area contributed by atoms with Crippen LogP contribution in [0.3, 0.4) is 0 Å². The summed E-state index contributed by atoms with van der Waals surface area (Å²) in [6.07, 6.45) is 3.70. The van der Waals surface area contributed by atoms with Gasteiger partial charge in [0.05, 0.1) is 18.8 Å². The zero-order valence-electron chi connectivity index (χ0n) is 11.4. The summed E-state index contributed by atoms with van der Waals surface area (Å²) in [7, 11) is 0. The fraction of sp³-hybridized carbons (Fsp3) is 0.625. The van der Waals surface area contributed by atoms with Crippen molar-refractivity contribution in [3.8, 4) is 0 Å². The number of benzene rings is 1. The number of hydrogen-bond donors (Lipinski definition) is 1. The second kappa shape index (κ2) is 6.04. The molecule has 1 aromatic rings. The summed E-state index contributed by atoms with van der Waals surface area (Å²) in [6, 6.07) is 10.3. The first-order valence-corrected chi connectivity index (χ1v) is 7.41. The van der Waals surface area contributed by atoms with Crippen LogP contribution in [0.2, 0.25) is 0 Å². The van der Waals surface area contributed by atoms with E-state index in [2.05, 4.69) is 17.0 Å². The number of rotatable bonds is 4. The van der Waals surface area contributed by atoms with E-state index in [1.165, 1.54) is 24.8 Å². The van der Waals surface area contributed by atoms with Crippen LogP contribution in [-0.2, 0) is 4.74 Å². The fourth-order valence-corrected chi connectivity index (χ4v) is 3.14. The first-order valence-electron chi connectivity index (χ1n) is 7.41. The van der Waals surface area contributed by atoms with E-state index in [1.54, 1.807) is 0 Å². The molecule has 3 atom stereocenters. The molecule has 0 saturated carbocycles. The molecule has 0 amide bonds. The average molecular weight is 261 g/mol. The van der Waals surface area contributed by atoms with E-state index in [0.717, 1.165) is 19.6 Å². The van der Waals surface area contributed by atoms with Crippen molar-refractivity contribution in [3.63, 3.8) is 0 Å². The molecule has 0 radical (unpaired) electrons. The Morgan fingerprint density at radius 1 is 1.16 bits per heavy atom. The fourth-order valence-electron chi connectivity index (χ4n) is 3.14. The van der Waals surface area contributed by atoms with Gasteiger partial charge in [0, 0.05) is 12.5 Å². The van der Waals surface area contributed by atoms with E-state index in [1.807, 2.05) is 18.2 Å². The molecule has 104 valence electrons. The molecule has 1 aromatic carbocycles. The minimum absolute atomic E-state index is 0.0843. The Bertz CT molecular complexity index is 389. The van der Waals surface area contributed by atoms with Crippen molar-refractivity contribution < 1.29 is 9.84 Å². The Morgan fingerprint density at radius 2 is 1.89 bits per heavy atom. The highest BCUT2D eigenvalue weighted by molar-refractivity contribution is 5.20. The third-order valence-corrected chi connectivity index (χ3v) is 4.37. The van der Waals surface area contributed by atoms with Gasteiger partial charge in [-0.25, -0.2) is 0 Å². The van der Waals surface area contributed by atoms with Gasteiger partial charge in [0.15, 0.2) is 0 Å². The van der Waals surface area contributed by atoms with Crippen LogP contribution in [0.5, 0.6) is 0 Å². The van der Waals surface area contributed by atoms with E-state index < -0.39 is 0 Å². The van der Waals surface area contributed by atoms with Crippen LogP contribution in [0, 0.1) is 5.92 Å². The third kappa shape index (κ3) is 2.99. The minimum atomic E-state index is -0.267. The van der Waals surface area contributed by atoms with Crippen LogP contribution < -0.4 is 0 Å². The Kier molecular flexibility index (Phi) is 4.16. The predicted molar refractivity (Wildman–Crippen MR) is 74.9 cm³/mol. The number of aliphatic hydroxyl groups is 1. The average Bonchev–Trinajstić information content (AvgIpc) is 2.39. The maximum atomic E-state index is 10.4. The van der Waals surface area contributed by atoms with Crippen LogP contribution >= 0.6 is 0 Å². The number of likely N-dealkylation sites (tertiary alicyclic amines) is 1. The number of nitrogens with zero attached hydrogens (tertiary/aromatic N) is 1. The van der Waals surface area contributed by atoms with Gasteiger partial charge in [0.25, 0.3) is 0 Å².